The van der Waals surface area contributed by atoms with E-state index < -0.39 is 17.6 Å². The summed E-state index contributed by atoms with van der Waals surface area (Å²) in [6, 6.07) is 6.97. The van der Waals surface area contributed by atoms with Crippen molar-refractivity contribution in [3.05, 3.63) is 33.4 Å². The van der Waals surface area contributed by atoms with E-state index in [-0.39, 0.29) is 5.97 Å². The average Bonchev–Trinajstić information content (AvgIpc) is 2.18. The molecule has 0 spiro atoms. The average molecular weight is 347 g/mol. The second-order valence-corrected chi connectivity index (χ2v) is 9.61. The fourth-order valence-electron chi connectivity index (χ4n) is 0.919. The van der Waals surface area contributed by atoms with E-state index in [0.29, 0.717) is 12.2 Å². The first-order valence-electron chi connectivity index (χ1n) is 3.95. The van der Waals surface area contributed by atoms with Gasteiger partial charge in [-0.3, -0.25) is 0 Å². The van der Waals surface area contributed by atoms with Gasteiger partial charge in [0.05, 0.1) is 0 Å². The van der Waals surface area contributed by atoms with E-state index in [0.717, 1.165) is 3.57 Å². The Morgan fingerprint density at radius 2 is 2.21 bits per heavy atom. The summed E-state index contributed by atoms with van der Waals surface area (Å²) >= 11 is -2.04. The van der Waals surface area contributed by atoms with Crippen LogP contribution in [-0.2, 0) is 4.74 Å². The van der Waals surface area contributed by atoms with Crippen LogP contribution in [0.15, 0.2) is 24.3 Å². The van der Waals surface area contributed by atoms with Crippen molar-refractivity contribution in [3.63, 3.8) is 0 Å². The summed E-state index contributed by atoms with van der Waals surface area (Å²) in [7, 11) is 11.7. The number of ether oxygens (including phenoxy) is 1. The van der Waals surface area contributed by atoms with Crippen molar-refractivity contribution in [1.82, 2.24) is 0 Å². The van der Waals surface area contributed by atoms with Crippen molar-refractivity contribution in [1.29, 1.82) is 0 Å². The third-order valence-corrected chi connectivity index (χ3v) is 5.33. The van der Waals surface area contributed by atoms with Gasteiger partial charge < -0.3 is 0 Å². The van der Waals surface area contributed by atoms with E-state index in [9.17, 15) is 4.79 Å². The van der Waals surface area contributed by atoms with E-state index in [2.05, 4.69) is 0 Å². The summed E-state index contributed by atoms with van der Waals surface area (Å²) in [6.07, 6.45) is 0. The van der Waals surface area contributed by atoms with Crippen LogP contribution in [0.3, 0.4) is 0 Å². The third kappa shape index (κ3) is 3.29. The molecule has 0 aliphatic heterocycles. The van der Waals surface area contributed by atoms with Crippen molar-refractivity contribution < 1.29 is 9.53 Å². The molecule has 0 fully saturated rings. The van der Waals surface area contributed by atoms with Crippen LogP contribution in [0.1, 0.15) is 17.3 Å². The first kappa shape index (κ1) is 12.1. The summed E-state index contributed by atoms with van der Waals surface area (Å²) in [6.45, 7) is 2.14. The number of carbonyl (C=O) groups excluding carboxylic acids is 1. The molecule has 0 amide bonds. The first-order valence-corrected chi connectivity index (χ1v) is 10.5. The number of rotatable bonds is 3. The molecule has 14 heavy (non-hydrogen) atoms. The molecule has 0 aliphatic carbocycles. The normalized spacial score (nSPS) is 10.9. The van der Waals surface area contributed by atoms with E-state index in [1.165, 1.54) is 0 Å². The second-order valence-electron chi connectivity index (χ2n) is 2.43. The van der Waals surface area contributed by atoms with Crippen LogP contribution in [0, 0.1) is 3.57 Å². The molecule has 0 aliphatic rings. The monoisotopic (exact) mass is 346 g/mol. The fourth-order valence-corrected chi connectivity index (χ4v) is 3.16. The molecular formula is C9H9Cl2IO2. The molecule has 78 valence electrons. The van der Waals surface area contributed by atoms with Crippen molar-refractivity contribution in [2.75, 3.05) is 6.61 Å². The van der Waals surface area contributed by atoms with Gasteiger partial charge in [-0.15, -0.1) is 0 Å². The molecule has 2 nitrogen and oxygen atoms in total. The predicted molar refractivity (Wildman–Crippen MR) is 66.8 cm³/mol. The molecule has 1 aromatic rings. The van der Waals surface area contributed by atoms with Crippen molar-refractivity contribution >= 4 is 41.3 Å². The molecule has 0 atom stereocenters. The Labute approximate surface area is 97.3 Å². The molecular weight excluding hydrogens is 338 g/mol. The molecule has 0 radical (unpaired) electrons. The summed E-state index contributed by atoms with van der Waals surface area (Å²) in [4.78, 5) is 11.3. The van der Waals surface area contributed by atoms with Crippen LogP contribution in [0.4, 0.5) is 0 Å². The number of benzene rings is 1. The van der Waals surface area contributed by atoms with Crippen LogP contribution in [0.25, 0.3) is 0 Å². The zero-order valence-electron chi connectivity index (χ0n) is 7.47. The number of esters is 1. The molecule has 1 aromatic carbocycles. The minimum absolute atomic E-state index is 0.333. The van der Waals surface area contributed by atoms with Crippen LogP contribution in [0.5, 0.6) is 0 Å². The summed E-state index contributed by atoms with van der Waals surface area (Å²) in [5.41, 5.74) is 0.507. The third-order valence-electron chi connectivity index (χ3n) is 1.50. The Morgan fingerprint density at radius 3 is 2.79 bits per heavy atom. The Hall–Kier alpha value is -0.000000000000000222. The van der Waals surface area contributed by atoms with Crippen LogP contribution in [-0.4, -0.2) is 12.6 Å². The molecule has 0 heterocycles. The molecule has 0 bridgehead atoms. The quantitative estimate of drug-likeness (QED) is 0.614. The number of halogens is 3. The first-order chi connectivity index (χ1) is 6.65. The summed E-state index contributed by atoms with van der Waals surface area (Å²) in [5, 5.41) is 0. The summed E-state index contributed by atoms with van der Waals surface area (Å²) in [5.74, 6) is -0.333. The van der Waals surface area contributed by atoms with Crippen molar-refractivity contribution in [2.24, 2.45) is 0 Å². The predicted octanol–water partition coefficient (Wildman–Crippen LogP) is 3.85. The van der Waals surface area contributed by atoms with E-state index >= 15 is 0 Å². The molecule has 1 rings (SSSR count). The van der Waals surface area contributed by atoms with Gasteiger partial charge in [0.1, 0.15) is 0 Å². The topological polar surface area (TPSA) is 26.3 Å². The number of carbonyl (C=O) groups is 1. The van der Waals surface area contributed by atoms with Gasteiger partial charge in [0.25, 0.3) is 0 Å². The molecule has 0 unspecified atom stereocenters. The fraction of sp³-hybridized carbons (Fsp3) is 0.222. The van der Waals surface area contributed by atoms with E-state index in [1.54, 1.807) is 25.1 Å². The zero-order valence-corrected chi connectivity index (χ0v) is 11.1. The van der Waals surface area contributed by atoms with Crippen LogP contribution >= 0.6 is 35.4 Å². The molecule has 0 N–H and O–H groups in total. The zero-order chi connectivity index (χ0) is 10.6. The minimum atomic E-state index is -2.04. The molecule has 5 heteroatoms. The Bertz CT molecular complexity index is 328. The number of hydrogen-bond acceptors (Lipinski definition) is 2. The Morgan fingerprint density at radius 1 is 1.50 bits per heavy atom. The van der Waals surface area contributed by atoms with Crippen LogP contribution < -0.4 is 0 Å². The van der Waals surface area contributed by atoms with Crippen LogP contribution in [0.2, 0.25) is 0 Å². The van der Waals surface area contributed by atoms with Gasteiger partial charge in [-0.05, 0) is 0 Å². The van der Waals surface area contributed by atoms with Gasteiger partial charge in [0, 0.05) is 0 Å². The van der Waals surface area contributed by atoms with Gasteiger partial charge in [0.2, 0.25) is 0 Å². The van der Waals surface area contributed by atoms with E-state index in [4.69, 9.17) is 22.6 Å². The Kier molecular flexibility index (Phi) is 4.98. The number of hydrogen-bond donors (Lipinski definition) is 0. The van der Waals surface area contributed by atoms with Crippen molar-refractivity contribution in [2.45, 2.75) is 6.92 Å². The van der Waals surface area contributed by atoms with E-state index in [1.807, 2.05) is 6.07 Å². The Balaban J connectivity index is 2.88. The van der Waals surface area contributed by atoms with Gasteiger partial charge in [0.15, 0.2) is 0 Å². The molecule has 0 aromatic heterocycles. The van der Waals surface area contributed by atoms with Gasteiger partial charge >= 0.3 is 97.8 Å². The SMILES string of the molecule is CCOC(=O)c1cccc(I(Cl)Cl)c1. The molecule has 0 saturated heterocycles. The van der Waals surface area contributed by atoms with Gasteiger partial charge in [-0.1, -0.05) is 0 Å². The molecule has 0 saturated carbocycles. The standard InChI is InChI=1S/C9H9Cl2IO2/c1-2-14-9(13)7-4-3-5-8(6-7)12(10)11/h3-6H,2H2,1H3. The van der Waals surface area contributed by atoms with Gasteiger partial charge in [-0.2, -0.15) is 0 Å². The second kappa shape index (κ2) is 5.78. The maximum atomic E-state index is 11.3. The maximum absolute atomic E-state index is 11.3. The van der Waals surface area contributed by atoms with Crippen molar-refractivity contribution in [3.8, 4) is 0 Å². The summed E-state index contributed by atoms with van der Waals surface area (Å²) < 4.78 is 5.71. The van der Waals surface area contributed by atoms with Gasteiger partial charge in [-0.25, -0.2) is 0 Å².